The molecule has 0 aliphatic rings. The molecule has 4 aromatic rings. The number of rotatable bonds is 4. The lowest BCUT2D eigenvalue weighted by Gasteiger charge is -2.15. The highest BCUT2D eigenvalue weighted by Gasteiger charge is 2.19. The van der Waals surface area contributed by atoms with E-state index in [-0.39, 0.29) is 5.97 Å². The summed E-state index contributed by atoms with van der Waals surface area (Å²) < 4.78 is 6.91. The molecule has 0 saturated heterocycles. The topological polar surface area (TPSA) is 57.0 Å². The van der Waals surface area contributed by atoms with Gasteiger partial charge in [0, 0.05) is 11.1 Å². The monoisotopic (exact) mass is 383 g/mol. The summed E-state index contributed by atoms with van der Waals surface area (Å²) in [6.45, 7) is 4.05. The third kappa shape index (κ3) is 3.55. The zero-order valence-electron chi connectivity index (χ0n) is 16.6. The van der Waals surface area contributed by atoms with Gasteiger partial charge in [-0.25, -0.2) is 4.79 Å². The fourth-order valence-electron chi connectivity index (χ4n) is 3.27. The maximum Gasteiger partial charge on any atom is 0.337 e. The molecule has 0 spiro atoms. The Hall–Kier alpha value is -3.73. The lowest BCUT2D eigenvalue weighted by molar-refractivity contribution is 0.0600. The molecule has 144 valence electrons. The van der Waals surface area contributed by atoms with E-state index in [0.29, 0.717) is 17.2 Å². The minimum atomic E-state index is -0.377. The van der Waals surface area contributed by atoms with Crippen LogP contribution in [0.5, 0.6) is 0 Å². The average Bonchev–Trinajstić information content (AvgIpc) is 3.19. The Bertz CT molecular complexity index is 1160. The van der Waals surface area contributed by atoms with Crippen LogP contribution >= 0.6 is 0 Å². The Labute approximate surface area is 169 Å². The molecule has 3 aromatic carbocycles. The molecule has 5 heteroatoms. The minimum Gasteiger partial charge on any atom is -0.465 e. The van der Waals surface area contributed by atoms with Crippen LogP contribution in [-0.4, -0.2) is 27.8 Å². The third-order valence-electron chi connectivity index (χ3n) is 4.88. The van der Waals surface area contributed by atoms with Gasteiger partial charge in [0.1, 0.15) is 0 Å². The fourth-order valence-corrected chi connectivity index (χ4v) is 3.27. The first kappa shape index (κ1) is 18.6. The molecule has 0 unspecified atom stereocenters. The summed E-state index contributed by atoms with van der Waals surface area (Å²) >= 11 is 0. The predicted molar refractivity (Wildman–Crippen MR) is 113 cm³/mol. The van der Waals surface area contributed by atoms with Crippen LogP contribution in [0.2, 0.25) is 0 Å². The first-order valence-electron chi connectivity index (χ1n) is 9.35. The van der Waals surface area contributed by atoms with E-state index in [2.05, 4.69) is 10.2 Å². The molecule has 0 saturated carbocycles. The van der Waals surface area contributed by atoms with Crippen LogP contribution in [0.25, 0.3) is 28.5 Å². The van der Waals surface area contributed by atoms with Crippen molar-refractivity contribution in [1.82, 2.24) is 14.8 Å². The van der Waals surface area contributed by atoms with Gasteiger partial charge >= 0.3 is 5.97 Å². The van der Waals surface area contributed by atoms with E-state index in [9.17, 15) is 4.79 Å². The second-order valence-corrected chi connectivity index (χ2v) is 6.91. The average molecular weight is 383 g/mol. The number of hydrogen-bond donors (Lipinski definition) is 0. The summed E-state index contributed by atoms with van der Waals surface area (Å²) in [5, 5.41) is 9.00. The zero-order chi connectivity index (χ0) is 20.4. The molecule has 29 heavy (non-hydrogen) atoms. The number of ether oxygens (including phenoxy) is 1. The van der Waals surface area contributed by atoms with Gasteiger partial charge in [0.05, 0.1) is 18.4 Å². The van der Waals surface area contributed by atoms with Crippen LogP contribution in [0.1, 0.15) is 21.5 Å². The number of methoxy groups -OCH3 is 1. The summed E-state index contributed by atoms with van der Waals surface area (Å²) in [6, 6.07) is 23.6. The molecule has 0 N–H and O–H groups in total. The molecule has 5 nitrogen and oxygen atoms in total. The lowest BCUT2D eigenvalue weighted by Crippen LogP contribution is -2.07. The Balaban J connectivity index is 1.99. The Kier molecular flexibility index (Phi) is 4.96. The van der Waals surface area contributed by atoms with Crippen LogP contribution < -0.4 is 0 Å². The Morgan fingerprint density at radius 3 is 2.07 bits per heavy atom. The van der Waals surface area contributed by atoms with Crippen LogP contribution in [0.15, 0.2) is 72.8 Å². The summed E-state index contributed by atoms with van der Waals surface area (Å²) in [6.07, 6.45) is 0. The van der Waals surface area contributed by atoms with Crippen molar-refractivity contribution < 1.29 is 9.53 Å². The molecule has 0 bridgehead atoms. The molecule has 0 fully saturated rings. The van der Waals surface area contributed by atoms with Gasteiger partial charge in [-0.05, 0) is 31.5 Å². The maximum atomic E-state index is 12.1. The molecule has 0 radical (unpaired) electrons. The second-order valence-electron chi connectivity index (χ2n) is 6.91. The van der Waals surface area contributed by atoms with Crippen LogP contribution in [0.4, 0.5) is 0 Å². The first-order valence-corrected chi connectivity index (χ1v) is 9.35. The van der Waals surface area contributed by atoms with Crippen molar-refractivity contribution in [3.05, 3.63) is 89.5 Å². The molecule has 0 amide bonds. The maximum absolute atomic E-state index is 12.1. The quantitative estimate of drug-likeness (QED) is 0.465. The predicted octanol–water partition coefficient (Wildman–Crippen LogP) is 5.00. The van der Waals surface area contributed by atoms with Crippen LogP contribution in [-0.2, 0) is 4.74 Å². The van der Waals surface area contributed by atoms with E-state index in [1.807, 2.05) is 85.1 Å². The molecule has 0 aliphatic heterocycles. The van der Waals surface area contributed by atoms with E-state index < -0.39 is 0 Å². The van der Waals surface area contributed by atoms with Crippen molar-refractivity contribution in [3.63, 3.8) is 0 Å². The third-order valence-corrected chi connectivity index (χ3v) is 4.88. The molecule has 0 atom stereocenters. The number of esters is 1. The first-order chi connectivity index (χ1) is 14.1. The van der Waals surface area contributed by atoms with Crippen LogP contribution in [0.3, 0.4) is 0 Å². The van der Waals surface area contributed by atoms with E-state index in [4.69, 9.17) is 4.74 Å². The van der Waals surface area contributed by atoms with Crippen molar-refractivity contribution in [3.8, 4) is 28.5 Å². The Morgan fingerprint density at radius 2 is 1.45 bits per heavy atom. The second kappa shape index (κ2) is 7.72. The summed E-state index contributed by atoms with van der Waals surface area (Å²) in [5.41, 5.74) is 5.40. The van der Waals surface area contributed by atoms with Crippen molar-refractivity contribution in [2.45, 2.75) is 13.8 Å². The summed E-state index contributed by atoms with van der Waals surface area (Å²) in [7, 11) is 1.38. The van der Waals surface area contributed by atoms with Gasteiger partial charge in [-0.1, -0.05) is 66.2 Å². The number of aryl methyl sites for hydroxylation is 2. The van der Waals surface area contributed by atoms with Crippen LogP contribution in [0, 0.1) is 13.8 Å². The van der Waals surface area contributed by atoms with Gasteiger partial charge in [-0.2, -0.15) is 0 Å². The van der Waals surface area contributed by atoms with Gasteiger partial charge in [0.25, 0.3) is 0 Å². The number of hydrogen-bond acceptors (Lipinski definition) is 4. The molecule has 4 rings (SSSR count). The Morgan fingerprint density at radius 1 is 0.828 bits per heavy atom. The van der Waals surface area contributed by atoms with Gasteiger partial charge in [-0.15, -0.1) is 10.2 Å². The SMILES string of the molecule is COC(=O)c1ccc(C)c(-n2c(-c3ccccc3)nnc2-c2ccc(C)cc2)c1. The normalized spacial score (nSPS) is 10.7. The lowest BCUT2D eigenvalue weighted by atomic mass is 10.1. The fraction of sp³-hybridized carbons (Fsp3) is 0.125. The van der Waals surface area contributed by atoms with E-state index in [1.165, 1.54) is 12.7 Å². The molecule has 0 aliphatic carbocycles. The van der Waals surface area contributed by atoms with Gasteiger partial charge in [-0.3, -0.25) is 4.57 Å². The number of aromatic nitrogens is 3. The minimum absolute atomic E-state index is 0.377. The molecule has 1 aromatic heterocycles. The van der Waals surface area contributed by atoms with Gasteiger partial charge < -0.3 is 4.74 Å². The standard InChI is InChI=1S/C24H21N3O2/c1-16-9-12-19(13-10-16)23-26-25-22(18-7-5-4-6-8-18)27(23)21-15-20(24(28)29-3)14-11-17(21)2/h4-15H,1-3H3. The largest absolute Gasteiger partial charge is 0.465 e. The van der Waals surface area contributed by atoms with E-state index >= 15 is 0 Å². The highest BCUT2D eigenvalue weighted by atomic mass is 16.5. The molecular weight excluding hydrogens is 362 g/mol. The summed E-state index contributed by atoms with van der Waals surface area (Å²) in [5.74, 6) is 1.05. The van der Waals surface area contributed by atoms with Crippen molar-refractivity contribution in [2.75, 3.05) is 7.11 Å². The highest BCUT2D eigenvalue weighted by Crippen LogP contribution is 2.30. The van der Waals surface area contributed by atoms with Gasteiger partial charge in [0.2, 0.25) is 0 Å². The van der Waals surface area contributed by atoms with E-state index in [1.54, 1.807) is 6.07 Å². The number of carbonyl (C=O) groups is 1. The zero-order valence-corrected chi connectivity index (χ0v) is 16.6. The number of nitrogens with zero attached hydrogens (tertiary/aromatic N) is 3. The number of carbonyl (C=O) groups excluding carboxylic acids is 1. The number of benzene rings is 3. The van der Waals surface area contributed by atoms with Crippen molar-refractivity contribution in [1.29, 1.82) is 0 Å². The molecular formula is C24H21N3O2. The molecule has 1 heterocycles. The summed E-state index contributed by atoms with van der Waals surface area (Å²) in [4.78, 5) is 12.1. The van der Waals surface area contributed by atoms with Crippen molar-refractivity contribution in [2.24, 2.45) is 0 Å². The van der Waals surface area contributed by atoms with E-state index in [0.717, 1.165) is 22.4 Å². The van der Waals surface area contributed by atoms with Crippen molar-refractivity contribution >= 4 is 5.97 Å². The van der Waals surface area contributed by atoms with Gasteiger partial charge in [0.15, 0.2) is 11.6 Å². The smallest absolute Gasteiger partial charge is 0.337 e. The highest BCUT2D eigenvalue weighted by molar-refractivity contribution is 5.90.